The average Bonchev–Trinajstić information content (AvgIpc) is 2.77. The van der Waals surface area contributed by atoms with E-state index in [2.05, 4.69) is 4.99 Å². The Labute approximate surface area is 209 Å². The van der Waals surface area contributed by atoms with Gasteiger partial charge in [0.2, 0.25) is 18.1 Å². The van der Waals surface area contributed by atoms with Crippen molar-refractivity contribution in [2.75, 3.05) is 18.0 Å². The van der Waals surface area contributed by atoms with E-state index in [4.69, 9.17) is 34.2 Å². The molecule has 3 rings (SSSR count). The van der Waals surface area contributed by atoms with E-state index in [9.17, 15) is 27.9 Å². The number of aliphatic imine (C=N–C) groups is 1. The second-order valence-corrected chi connectivity index (χ2v) is 9.96. The molecule has 0 bridgehead atoms. The first kappa shape index (κ1) is 26.5. The Morgan fingerprint density at radius 3 is 2.49 bits per heavy atom. The van der Waals surface area contributed by atoms with E-state index >= 15 is 0 Å². The second kappa shape index (κ2) is 10.6. The van der Waals surface area contributed by atoms with Crippen LogP contribution in [0.25, 0.3) is 0 Å². The van der Waals surface area contributed by atoms with Crippen molar-refractivity contribution in [3.05, 3.63) is 51.4 Å². The van der Waals surface area contributed by atoms with E-state index in [0.29, 0.717) is 0 Å². The van der Waals surface area contributed by atoms with Crippen molar-refractivity contribution < 1.29 is 27.8 Å². The monoisotopic (exact) mass is 544 g/mol. The zero-order valence-corrected chi connectivity index (χ0v) is 20.2. The lowest BCUT2D eigenvalue weighted by Gasteiger charge is -2.30. The van der Waals surface area contributed by atoms with Gasteiger partial charge < -0.3 is 21.1 Å². The first-order chi connectivity index (χ1) is 16.5. The van der Waals surface area contributed by atoms with Gasteiger partial charge in [-0.15, -0.1) is 4.99 Å². The fourth-order valence-electron chi connectivity index (χ4n) is 3.58. The molecule has 0 saturated carbocycles. The molecule has 1 saturated heterocycles. The van der Waals surface area contributed by atoms with Crippen LogP contribution in [0.1, 0.15) is 12.8 Å². The maximum absolute atomic E-state index is 13.6. The lowest BCUT2D eigenvalue weighted by molar-refractivity contribution is -0.854. The lowest BCUT2D eigenvalue weighted by atomic mass is 9.97. The number of sulfonamides is 1. The van der Waals surface area contributed by atoms with Crippen LogP contribution in [0.15, 0.2) is 40.2 Å². The highest BCUT2D eigenvalue weighted by Crippen LogP contribution is 2.43. The van der Waals surface area contributed by atoms with E-state index in [1.165, 1.54) is 18.3 Å². The topological polar surface area (TPSA) is 176 Å². The Morgan fingerprint density at radius 1 is 1.26 bits per heavy atom. The molecule has 35 heavy (non-hydrogen) atoms. The number of hydroxylamine groups is 2. The summed E-state index contributed by atoms with van der Waals surface area (Å²) in [5.74, 6) is -3.71. The van der Waals surface area contributed by atoms with Crippen LogP contribution in [0.3, 0.4) is 0 Å². The summed E-state index contributed by atoms with van der Waals surface area (Å²) in [5, 5.41) is 30.7. The second-order valence-electron chi connectivity index (χ2n) is 7.53. The normalized spacial score (nSPS) is 18.5. The highest BCUT2D eigenvalue weighted by Gasteiger charge is 2.33. The zero-order valence-electron chi connectivity index (χ0n) is 17.8. The van der Waals surface area contributed by atoms with Gasteiger partial charge >= 0.3 is 0 Å². The number of aromatic hydroxyl groups is 1. The average molecular weight is 545 g/mol. The third-order valence-electron chi connectivity index (χ3n) is 5.27. The molecule has 11 nitrogen and oxygen atoms in total. The molecule has 5 N–H and O–H groups in total. The number of nitriles is 1. The maximum Gasteiger partial charge on any atom is 0.269 e. The number of anilines is 2. The molecule has 2 aromatic carbocycles. The quantitative estimate of drug-likeness (QED) is 0.188. The van der Waals surface area contributed by atoms with Crippen LogP contribution in [0.4, 0.5) is 15.8 Å². The van der Waals surface area contributed by atoms with Crippen LogP contribution in [-0.4, -0.2) is 38.5 Å². The number of halogens is 3. The number of phenolic OH excluding ortho intramolecular Hbond substituents is 1. The number of carbonyl (C=O) groups is 1. The molecule has 0 radical (unpaired) electrons. The van der Waals surface area contributed by atoms with Crippen LogP contribution < -0.4 is 20.4 Å². The number of quaternary nitrogens is 1. The summed E-state index contributed by atoms with van der Waals surface area (Å²) < 4.78 is 41.6. The number of nitrogens with one attached hydrogen (secondary N) is 2. The fraction of sp³-hybridized carbons (Fsp3) is 0.250. The van der Waals surface area contributed by atoms with E-state index < -0.39 is 49.3 Å². The van der Waals surface area contributed by atoms with E-state index in [0.717, 1.165) is 23.1 Å². The van der Waals surface area contributed by atoms with Crippen molar-refractivity contribution >= 4 is 56.5 Å². The SMILES string of the molecule is N#CN=C(N)N(c1ccc(F)cc1Cl)c1ccc(Cl)c(S(=O)(=O)NC(=O)C2CC[NH+]([O-])CC2)c1O. The molecular weight excluding hydrogens is 526 g/mol. The molecule has 0 unspecified atom stereocenters. The van der Waals surface area contributed by atoms with Crippen molar-refractivity contribution in [2.24, 2.45) is 16.6 Å². The predicted molar refractivity (Wildman–Crippen MR) is 126 cm³/mol. The number of piperidine rings is 1. The largest absolute Gasteiger partial charge is 0.634 e. The lowest BCUT2D eigenvalue weighted by Crippen LogP contribution is -3.08. The molecule has 2 aromatic rings. The third kappa shape index (κ3) is 5.75. The van der Waals surface area contributed by atoms with Gasteiger partial charge in [0, 0.05) is 18.8 Å². The van der Waals surface area contributed by atoms with Crippen molar-refractivity contribution in [3.8, 4) is 11.9 Å². The summed E-state index contributed by atoms with van der Waals surface area (Å²) in [4.78, 5) is 16.0. The van der Waals surface area contributed by atoms with Crippen molar-refractivity contribution in [2.45, 2.75) is 17.7 Å². The van der Waals surface area contributed by atoms with Gasteiger partial charge in [-0.3, -0.25) is 9.69 Å². The number of hydrogen-bond acceptors (Lipinski definition) is 7. The van der Waals surface area contributed by atoms with Crippen LogP contribution in [0.2, 0.25) is 10.0 Å². The molecular formula is C20H19Cl2FN6O5S. The standard InChI is InChI=1S/C20H19Cl2FN6O5S/c21-13-2-4-16(29(20(25)26-10-24)15-3-1-12(23)9-14(15)22)17(30)18(13)35(33,34)27-19(31)11-5-7-28(32)8-6-11/h1-4,9,11,28,30H,5-8H2,(H2,25,26)(H,27,31). The highest BCUT2D eigenvalue weighted by molar-refractivity contribution is 7.90. The van der Waals surface area contributed by atoms with Gasteiger partial charge in [0.1, 0.15) is 10.7 Å². The molecule has 186 valence electrons. The molecule has 1 fully saturated rings. The van der Waals surface area contributed by atoms with Gasteiger partial charge in [0.05, 0.1) is 34.5 Å². The molecule has 0 atom stereocenters. The Bertz CT molecular complexity index is 1330. The van der Waals surface area contributed by atoms with E-state index in [1.807, 2.05) is 4.72 Å². The first-order valence-corrected chi connectivity index (χ1v) is 12.3. The number of benzene rings is 2. The number of nitrogens with two attached hydrogens (primary N) is 1. The van der Waals surface area contributed by atoms with Gasteiger partial charge in [-0.2, -0.15) is 5.26 Å². The van der Waals surface area contributed by atoms with E-state index in [1.54, 1.807) is 0 Å². The Kier molecular flexibility index (Phi) is 8.04. The number of amides is 1. The van der Waals surface area contributed by atoms with Crippen molar-refractivity contribution in [1.82, 2.24) is 4.72 Å². The van der Waals surface area contributed by atoms with Crippen LogP contribution in [0, 0.1) is 28.4 Å². The number of phenols is 1. The van der Waals surface area contributed by atoms with Gasteiger partial charge in [0.25, 0.3) is 10.0 Å². The smallest absolute Gasteiger partial charge is 0.269 e. The summed E-state index contributed by atoms with van der Waals surface area (Å²) in [7, 11) is -4.71. The molecule has 0 aliphatic carbocycles. The minimum Gasteiger partial charge on any atom is -0.634 e. The van der Waals surface area contributed by atoms with Crippen molar-refractivity contribution in [1.29, 1.82) is 5.26 Å². The summed E-state index contributed by atoms with van der Waals surface area (Å²) in [6, 6.07) is 5.41. The van der Waals surface area contributed by atoms with Gasteiger partial charge in [0.15, 0.2) is 5.75 Å². The van der Waals surface area contributed by atoms with Gasteiger partial charge in [-0.25, -0.2) is 17.5 Å². The minimum absolute atomic E-state index is 0.0125. The molecule has 1 aliphatic heterocycles. The molecule has 15 heteroatoms. The summed E-state index contributed by atoms with van der Waals surface area (Å²) in [6.07, 6.45) is 1.84. The summed E-state index contributed by atoms with van der Waals surface area (Å²) in [6.45, 7) is 0.315. The number of guanidine groups is 1. The van der Waals surface area contributed by atoms with Gasteiger partial charge in [-0.1, -0.05) is 23.2 Å². The van der Waals surface area contributed by atoms with Crippen molar-refractivity contribution in [3.63, 3.8) is 0 Å². The molecule has 1 heterocycles. The van der Waals surface area contributed by atoms with Crippen LogP contribution in [0.5, 0.6) is 5.75 Å². The Hall–Kier alpha value is -3.15. The number of carbonyl (C=O) groups excluding carboxylic acids is 1. The fourth-order valence-corrected chi connectivity index (χ4v) is 5.51. The van der Waals surface area contributed by atoms with Gasteiger partial charge in [-0.05, 0) is 30.3 Å². The number of hydrogen-bond donors (Lipinski definition) is 4. The van der Waals surface area contributed by atoms with Crippen LogP contribution >= 0.6 is 23.2 Å². The van der Waals surface area contributed by atoms with Crippen LogP contribution in [-0.2, 0) is 14.8 Å². The summed E-state index contributed by atoms with van der Waals surface area (Å²) >= 11 is 12.2. The summed E-state index contributed by atoms with van der Waals surface area (Å²) in [5.41, 5.74) is 5.50. The first-order valence-electron chi connectivity index (χ1n) is 10.0. The Morgan fingerprint density at radius 2 is 1.89 bits per heavy atom. The minimum atomic E-state index is -4.71. The highest BCUT2D eigenvalue weighted by atomic mass is 35.5. The Balaban J connectivity index is 2.08. The zero-order chi connectivity index (χ0) is 25.9. The number of rotatable bonds is 5. The molecule has 0 aromatic heterocycles. The molecule has 1 aliphatic rings. The molecule has 0 spiro atoms. The third-order valence-corrected chi connectivity index (χ3v) is 7.42. The number of nitrogens with zero attached hydrogens (tertiary/aromatic N) is 3. The van der Waals surface area contributed by atoms with E-state index in [-0.39, 0.29) is 47.4 Å². The maximum atomic E-state index is 13.6. The molecule has 1 amide bonds. The predicted octanol–water partition coefficient (Wildman–Crippen LogP) is 1.37.